The average molecular weight is 173 g/mol. The Kier molecular flexibility index (Phi) is 4.04. The van der Waals surface area contributed by atoms with Crippen molar-refractivity contribution in [3.8, 4) is 0 Å². The Morgan fingerprint density at radius 2 is 2.17 bits per heavy atom. The molecule has 1 aliphatic rings. The van der Waals surface area contributed by atoms with Gasteiger partial charge in [0.25, 0.3) is 0 Å². The van der Waals surface area contributed by atoms with E-state index in [2.05, 4.69) is 5.32 Å². The topological polar surface area (TPSA) is 58.6 Å². The monoisotopic (exact) mass is 173 g/mol. The first kappa shape index (κ1) is 9.48. The molecule has 0 bridgehead atoms. The maximum atomic E-state index is 10.7. The summed E-state index contributed by atoms with van der Waals surface area (Å²) >= 11 is 0. The summed E-state index contributed by atoms with van der Waals surface area (Å²) in [5.41, 5.74) is 0. The van der Waals surface area contributed by atoms with Crippen molar-refractivity contribution in [1.29, 1.82) is 0 Å². The lowest BCUT2D eigenvalue weighted by molar-refractivity contribution is -0.124. The van der Waals surface area contributed by atoms with Crippen molar-refractivity contribution >= 4 is 5.91 Å². The molecule has 0 aromatic heterocycles. The van der Waals surface area contributed by atoms with Crippen LogP contribution in [0, 0.1) is 5.92 Å². The van der Waals surface area contributed by atoms with Crippen molar-refractivity contribution in [2.75, 3.05) is 26.4 Å². The predicted octanol–water partition coefficient (Wildman–Crippen LogP) is -0.479. The molecule has 4 nitrogen and oxygen atoms in total. The predicted molar refractivity (Wildman–Crippen MR) is 43.6 cm³/mol. The third kappa shape index (κ3) is 3.19. The lowest BCUT2D eigenvalue weighted by Crippen LogP contribution is -2.33. The van der Waals surface area contributed by atoms with Gasteiger partial charge in [0.2, 0.25) is 5.91 Å². The number of hydrogen-bond acceptors (Lipinski definition) is 3. The van der Waals surface area contributed by atoms with E-state index in [1.54, 1.807) is 0 Å². The molecule has 0 atom stereocenters. The molecule has 1 rings (SSSR count). The smallest absolute Gasteiger partial charge is 0.245 e. The Bertz CT molecular complexity index is 143. The second kappa shape index (κ2) is 5.11. The summed E-state index contributed by atoms with van der Waals surface area (Å²) in [5, 5.41) is 11.1. The number of carbonyl (C=O) groups excluding carboxylic acids is 1. The van der Waals surface area contributed by atoms with Crippen LogP contribution in [0.15, 0.2) is 0 Å². The molecule has 1 heterocycles. The summed E-state index contributed by atoms with van der Waals surface area (Å²) in [6.45, 7) is 1.84. The van der Waals surface area contributed by atoms with Gasteiger partial charge >= 0.3 is 0 Å². The molecule has 1 fully saturated rings. The van der Waals surface area contributed by atoms with E-state index in [0.29, 0.717) is 12.5 Å². The summed E-state index contributed by atoms with van der Waals surface area (Å²) in [5.74, 6) is 0.232. The number of aliphatic hydroxyl groups is 1. The maximum Gasteiger partial charge on any atom is 0.245 e. The Labute approximate surface area is 71.9 Å². The van der Waals surface area contributed by atoms with Gasteiger partial charge in [-0.15, -0.1) is 0 Å². The minimum atomic E-state index is -0.413. The fraction of sp³-hybridized carbons (Fsp3) is 0.875. The third-order valence-electron chi connectivity index (χ3n) is 2.07. The van der Waals surface area contributed by atoms with Crippen molar-refractivity contribution in [3.63, 3.8) is 0 Å². The largest absolute Gasteiger partial charge is 0.387 e. The molecule has 1 saturated heterocycles. The Morgan fingerprint density at radius 1 is 1.50 bits per heavy atom. The summed E-state index contributed by atoms with van der Waals surface area (Å²) < 4.78 is 5.17. The zero-order chi connectivity index (χ0) is 8.81. The molecule has 2 N–H and O–H groups in total. The van der Waals surface area contributed by atoms with Crippen molar-refractivity contribution in [1.82, 2.24) is 5.32 Å². The van der Waals surface area contributed by atoms with E-state index in [1.807, 2.05) is 0 Å². The Morgan fingerprint density at radius 3 is 2.75 bits per heavy atom. The van der Waals surface area contributed by atoms with Crippen molar-refractivity contribution < 1.29 is 14.6 Å². The molecule has 1 aliphatic heterocycles. The van der Waals surface area contributed by atoms with Gasteiger partial charge in [0, 0.05) is 19.8 Å². The van der Waals surface area contributed by atoms with Crippen LogP contribution >= 0.6 is 0 Å². The van der Waals surface area contributed by atoms with Crippen LogP contribution < -0.4 is 5.32 Å². The zero-order valence-electron chi connectivity index (χ0n) is 7.08. The highest BCUT2D eigenvalue weighted by atomic mass is 16.5. The summed E-state index contributed by atoms with van der Waals surface area (Å²) in [6, 6.07) is 0. The summed E-state index contributed by atoms with van der Waals surface area (Å²) in [6.07, 6.45) is 2.01. The van der Waals surface area contributed by atoms with Gasteiger partial charge in [-0.25, -0.2) is 0 Å². The standard InChI is InChI=1S/C8H15NO3/c10-6-8(11)9-5-7-1-3-12-4-2-7/h7,10H,1-6H2,(H,9,11). The highest BCUT2D eigenvalue weighted by molar-refractivity contribution is 5.76. The number of nitrogens with one attached hydrogen (secondary N) is 1. The van der Waals surface area contributed by atoms with E-state index in [-0.39, 0.29) is 5.91 Å². The molecule has 0 aliphatic carbocycles. The van der Waals surface area contributed by atoms with Gasteiger partial charge in [0.15, 0.2) is 0 Å². The first-order valence-electron chi connectivity index (χ1n) is 4.28. The van der Waals surface area contributed by atoms with Gasteiger partial charge in [-0.05, 0) is 18.8 Å². The highest BCUT2D eigenvalue weighted by Crippen LogP contribution is 2.12. The lowest BCUT2D eigenvalue weighted by Gasteiger charge is -2.21. The lowest BCUT2D eigenvalue weighted by atomic mass is 10.0. The van der Waals surface area contributed by atoms with Gasteiger partial charge in [-0.2, -0.15) is 0 Å². The molecule has 1 amide bonds. The van der Waals surface area contributed by atoms with Gasteiger partial charge in [-0.1, -0.05) is 0 Å². The highest BCUT2D eigenvalue weighted by Gasteiger charge is 2.13. The zero-order valence-corrected chi connectivity index (χ0v) is 7.08. The van der Waals surface area contributed by atoms with E-state index < -0.39 is 6.61 Å². The minimum Gasteiger partial charge on any atom is -0.387 e. The minimum absolute atomic E-state index is 0.290. The average Bonchev–Trinajstić information content (AvgIpc) is 2.16. The molecule has 0 saturated carbocycles. The number of rotatable bonds is 3. The molecule has 12 heavy (non-hydrogen) atoms. The van der Waals surface area contributed by atoms with Crippen LogP contribution in [0.25, 0.3) is 0 Å². The SMILES string of the molecule is O=C(CO)NCC1CCOCC1. The van der Waals surface area contributed by atoms with Crippen LogP contribution in [0.3, 0.4) is 0 Å². The van der Waals surface area contributed by atoms with Crippen molar-refractivity contribution in [2.24, 2.45) is 5.92 Å². The van der Waals surface area contributed by atoms with Crippen molar-refractivity contribution in [3.05, 3.63) is 0 Å². The second-order valence-electron chi connectivity index (χ2n) is 3.02. The van der Waals surface area contributed by atoms with Crippen LogP contribution in [0.1, 0.15) is 12.8 Å². The normalized spacial score (nSPS) is 19.1. The van der Waals surface area contributed by atoms with Crippen LogP contribution in [0.4, 0.5) is 0 Å². The number of carbonyl (C=O) groups is 1. The molecule has 4 heteroatoms. The van der Waals surface area contributed by atoms with Gasteiger partial charge in [0.1, 0.15) is 6.61 Å². The summed E-state index contributed by atoms with van der Waals surface area (Å²) in [4.78, 5) is 10.7. The van der Waals surface area contributed by atoms with E-state index in [4.69, 9.17) is 9.84 Å². The van der Waals surface area contributed by atoms with Crippen LogP contribution in [0.5, 0.6) is 0 Å². The molecular weight excluding hydrogens is 158 g/mol. The molecular formula is C8H15NO3. The number of ether oxygens (including phenoxy) is 1. The number of hydrogen-bond donors (Lipinski definition) is 2. The number of amides is 1. The van der Waals surface area contributed by atoms with Gasteiger partial charge < -0.3 is 15.2 Å². The molecule has 0 aromatic carbocycles. The third-order valence-corrected chi connectivity index (χ3v) is 2.07. The fourth-order valence-electron chi connectivity index (χ4n) is 1.26. The molecule has 70 valence electrons. The van der Waals surface area contributed by atoms with Crippen molar-refractivity contribution in [2.45, 2.75) is 12.8 Å². The number of aliphatic hydroxyl groups excluding tert-OH is 1. The first-order chi connectivity index (χ1) is 5.83. The second-order valence-corrected chi connectivity index (χ2v) is 3.02. The van der Waals surface area contributed by atoms with Crippen LogP contribution in [-0.2, 0) is 9.53 Å². The Balaban J connectivity index is 2.09. The Hall–Kier alpha value is -0.610. The first-order valence-corrected chi connectivity index (χ1v) is 4.28. The van der Waals surface area contributed by atoms with E-state index in [1.165, 1.54) is 0 Å². The molecule has 0 unspecified atom stereocenters. The maximum absolute atomic E-state index is 10.7. The van der Waals surface area contributed by atoms with E-state index >= 15 is 0 Å². The van der Waals surface area contributed by atoms with Gasteiger partial charge in [-0.3, -0.25) is 4.79 Å². The fourth-order valence-corrected chi connectivity index (χ4v) is 1.26. The molecule has 0 radical (unpaired) electrons. The van der Waals surface area contributed by atoms with Crippen LogP contribution in [-0.4, -0.2) is 37.4 Å². The van der Waals surface area contributed by atoms with E-state index in [0.717, 1.165) is 26.1 Å². The summed E-state index contributed by atoms with van der Waals surface area (Å²) in [7, 11) is 0. The molecule has 0 aromatic rings. The van der Waals surface area contributed by atoms with E-state index in [9.17, 15) is 4.79 Å². The van der Waals surface area contributed by atoms with Gasteiger partial charge in [0.05, 0.1) is 0 Å². The quantitative estimate of drug-likeness (QED) is 0.606. The molecule has 0 spiro atoms. The van der Waals surface area contributed by atoms with Crippen LogP contribution in [0.2, 0.25) is 0 Å².